The Kier molecular flexibility index (Phi) is 3.51. The van der Waals surface area contributed by atoms with E-state index in [0.29, 0.717) is 12.8 Å². The number of carbonyl (C=O) groups is 1. The van der Waals surface area contributed by atoms with Gasteiger partial charge in [0, 0.05) is 12.8 Å². The van der Waals surface area contributed by atoms with Gasteiger partial charge >= 0.3 is 0 Å². The lowest BCUT2D eigenvalue weighted by Gasteiger charge is -2.23. The Hall–Kier alpha value is -1.42. The minimum atomic E-state index is -0.230. The van der Waals surface area contributed by atoms with Crippen molar-refractivity contribution in [1.82, 2.24) is 4.57 Å². The third kappa shape index (κ3) is 2.39. The molecule has 2 rings (SSSR count). The van der Waals surface area contributed by atoms with Crippen molar-refractivity contribution in [1.29, 1.82) is 0 Å². The second-order valence-electron chi connectivity index (χ2n) is 4.03. The van der Waals surface area contributed by atoms with E-state index >= 15 is 0 Å². The van der Waals surface area contributed by atoms with Crippen LogP contribution < -0.4 is 5.56 Å². The van der Waals surface area contributed by atoms with Gasteiger partial charge in [-0.05, 0) is 31.4 Å². The van der Waals surface area contributed by atoms with Crippen LogP contribution in [0.3, 0.4) is 0 Å². The number of aromatic nitrogens is 1. The maximum Gasteiger partial charge on any atom is 0.261 e. The molecule has 1 aromatic rings. The summed E-state index contributed by atoms with van der Waals surface area (Å²) < 4.78 is 7.12. The van der Waals surface area contributed by atoms with E-state index in [1.165, 1.54) is 6.07 Å². The standard InChI is InChI=1S/C12H15NO3/c14-9-10-4-3-6-13(12(10)15)8-11-5-1-2-7-16-11/h3-4,6,9,11H,1-2,5,7-8H2/t11-/m0/s1. The minimum absolute atomic E-state index is 0.105. The van der Waals surface area contributed by atoms with Crippen molar-refractivity contribution >= 4 is 6.29 Å². The van der Waals surface area contributed by atoms with Gasteiger partial charge in [0.2, 0.25) is 0 Å². The third-order valence-electron chi connectivity index (χ3n) is 2.85. The molecule has 0 N–H and O–H groups in total. The van der Waals surface area contributed by atoms with Crippen LogP contribution in [0.25, 0.3) is 0 Å². The second-order valence-corrected chi connectivity index (χ2v) is 4.03. The molecule has 4 nitrogen and oxygen atoms in total. The Morgan fingerprint density at radius 3 is 3.06 bits per heavy atom. The van der Waals surface area contributed by atoms with Crippen LogP contribution in [0.1, 0.15) is 29.6 Å². The van der Waals surface area contributed by atoms with Gasteiger partial charge in [0.05, 0.1) is 18.2 Å². The molecule has 0 spiro atoms. The van der Waals surface area contributed by atoms with Crippen LogP contribution in [0.2, 0.25) is 0 Å². The summed E-state index contributed by atoms with van der Waals surface area (Å²) in [4.78, 5) is 22.4. The Labute approximate surface area is 93.8 Å². The van der Waals surface area contributed by atoms with Crippen molar-refractivity contribution < 1.29 is 9.53 Å². The first-order chi connectivity index (χ1) is 7.81. The van der Waals surface area contributed by atoms with Gasteiger partial charge in [0.1, 0.15) is 0 Å². The highest BCUT2D eigenvalue weighted by molar-refractivity contribution is 5.73. The van der Waals surface area contributed by atoms with Crippen LogP contribution in [-0.2, 0) is 11.3 Å². The first-order valence-corrected chi connectivity index (χ1v) is 5.57. The van der Waals surface area contributed by atoms with E-state index in [0.717, 1.165) is 25.9 Å². The third-order valence-corrected chi connectivity index (χ3v) is 2.85. The highest BCUT2D eigenvalue weighted by Gasteiger charge is 2.15. The SMILES string of the molecule is O=Cc1cccn(C[C@@H]2CCCCO2)c1=O. The maximum atomic E-state index is 11.7. The van der Waals surface area contributed by atoms with Crippen LogP contribution >= 0.6 is 0 Å². The topological polar surface area (TPSA) is 48.3 Å². The molecule has 1 saturated heterocycles. The van der Waals surface area contributed by atoms with Crippen molar-refractivity contribution in [3.63, 3.8) is 0 Å². The molecule has 86 valence electrons. The van der Waals surface area contributed by atoms with E-state index in [1.807, 2.05) is 0 Å². The van der Waals surface area contributed by atoms with E-state index in [2.05, 4.69) is 0 Å². The predicted molar refractivity (Wildman–Crippen MR) is 59.7 cm³/mol. The zero-order chi connectivity index (χ0) is 11.4. The van der Waals surface area contributed by atoms with Crippen LogP contribution in [-0.4, -0.2) is 23.6 Å². The number of pyridine rings is 1. The molecule has 0 unspecified atom stereocenters. The Balaban J connectivity index is 2.14. The normalized spacial score (nSPS) is 20.6. The van der Waals surface area contributed by atoms with Crippen LogP contribution in [0, 0.1) is 0 Å². The molecule has 4 heteroatoms. The van der Waals surface area contributed by atoms with Gasteiger partial charge in [-0.2, -0.15) is 0 Å². The smallest absolute Gasteiger partial charge is 0.261 e. The van der Waals surface area contributed by atoms with E-state index in [9.17, 15) is 9.59 Å². The first kappa shape index (κ1) is 11.1. The fraction of sp³-hybridized carbons (Fsp3) is 0.500. The maximum absolute atomic E-state index is 11.7. The molecule has 1 aliphatic rings. The van der Waals surface area contributed by atoms with Crippen LogP contribution in [0.4, 0.5) is 0 Å². The largest absolute Gasteiger partial charge is 0.376 e. The quantitative estimate of drug-likeness (QED) is 0.721. The van der Waals surface area contributed by atoms with E-state index in [1.54, 1.807) is 16.8 Å². The van der Waals surface area contributed by atoms with Gasteiger partial charge in [-0.1, -0.05) is 0 Å². The zero-order valence-electron chi connectivity index (χ0n) is 9.09. The van der Waals surface area contributed by atoms with Crippen molar-refractivity contribution in [2.45, 2.75) is 31.9 Å². The van der Waals surface area contributed by atoms with Crippen molar-refractivity contribution in [3.8, 4) is 0 Å². The van der Waals surface area contributed by atoms with E-state index < -0.39 is 0 Å². The second kappa shape index (κ2) is 5.07. The van der Waals surface area contributed by atoms with E-state index in [4.69, 9.17) is 4.74 Å². The van der Waals surface area contributed by atoms with E-state index in [-0.39, 0.29) is 17.2 Å². The number of ether oxygens (including phenoxy) is 1. The Bertz CT molecular complexity index is 419. The molecular formula is C12H15NO3. The minimum Gasteiger partial charge on any atom is -0.376 e. The highest BCUT2D eigenvalue weighted by atomic mass is 16.5. The van der Waals surface area contributed by atoms with Gasteiger partial charge in [-0.3, -0.25) is 9.59 Å². The molecule has 2 heterocycles. The van der Waals surface area contributed by atoms with Crippen molar-refractivity contribution in [2.24, 2.45) is 0 Å². The van der Waals surface area contributed by atoms with Crippen LogP contribution in [0.5, 0.6) is 0 Å². The fourth-order valence-electron chi connectivity index (χ4n) is 1.96. The summed E-state index contributed by atoms with van der Waals surface area (Å²) in [6.45, 7) is 1.31. The fourth-order valence-corrected chi connectivity index (χ4v) is 1.96. The molecule has 0 radical (unpaired) electrons. The lowest BCUT2D eigenvalue weighted by Crippen LogP contribution is -2.31. The molecule has 0 aliphatic carbocycles. The van der Waals surface area contributed by atoms with Crippen molar-refractivity contribution in [3.05, 3.63) is 34.2 Å². The monoisotopic (exact) mass is 221 g/mol. The molecule has 0 aromatic carbocycles. The Morgan fingerprint density at radius 2 is 2.38 bits per heavy atom. The molecule has 1 aromatic heterocycles. The first-order valence-electron chi connectivity index (χ1n) is 5.57. The summed E-state index contributed by atoms with van der Waals surface area (Å²) >= 11 is 0. The summed E-state index contributed by atoms with van der Waals surface area (Å²) in [5.41, 5.74) is -0.0232. The molecule has 0 amide bonds. The molecule has 1 aliphatic heterocycles. The number of hydrogen-bond donors (Lipinski definition) is 0. The molecule has 0 bridgehead atoms. The number of aldehydes is 1. The molecule has 0 saturated carbocycles. The van der Waals surface area contributed by atoms with Gasteiger partial charge in [-0.25, -0.2) is 0 Å². The van der Waals surface area contributed by atoms with Gasteiger partial charge in [0.15, 0.2) is 6.29 Å². The summed E-state index contributed by atoms with van der Waals surface area (Å²) in [6.07, 6.45) is 5.63. The average Bonchev–Trinajstić information content (AvgIpc) is 2.33. The summed E-state index contributed by atoms with van der Waals surface area (Å²) in [5.74, 6) is 0. The summed E-state index contributed by atoms with van der Waals surface area (Å²) in [5, 5.41) is 0. The molecular weight excluding hydrogens is 206 g/mol. The lowest BCUT2D eigenvalue weighted by atomic mass is 10.1. The zero-order valence-corrected chi connectivity index (χ0v) is 9.09. The van der Waals surface area contributed by atoms with Gasteiger partial charge < -0.3 is 9.30 Å². The number of nitrogens with zero attached hydrogens (tertiary/aromatic N) is 1. The summed E-state index contributed by atoms with van der Waals surface area (Å²) in [7, 11) is 0. The number of hydrogen-bond acceptors (Lipinski definition) is 3. The van der Waals surface area contributed by atoms with Gasteiger partial charge in [-0.15, -0.1) is 0 Å². The van der Waals surface area contributed by atoms with Crippen LogP contribution in [0.15, 0.2) is 23.1 Å². The van der Waals surface area contributed by atoms with Gasteiger partial charge in [0.25, 0.3) is 5.56 Å². The highest BCUT2D eigenvalue weighted by Crippen LogP contribution is 2.13. The Morgan fingerprint density at radius 1 is 1.50 bits per heavy atom. The predicted octanol–water partition coefficient (Wildman–Crippen LogP) is 1.23. The molecule has 16 heavy (non-hydrogen) atoms. The number of rotatable bonds is 3. The molecule has 1 atom stereocenters. The van der Waals surface area contributed by atoms with Crippen molar-refractivity contribution in [2.75, 3.05) is 6.61 Å². The molecule has 1 fully saturated rings. The number of carbonyl (C=O) groups excluding carboxylic acids is 1. The lowest BCUT2D eigenvalue weighted by molar-refractivity contribution is 0.00539. The summed E-state index contributed by atoms with van der Waals surface area (Å²) in [6, 6.07) is 3.25. The average molecular weight is 221 g/mol.